The van der Waals surface area contributed by atoms with E-state index < -0.39 is 6.10 Å². The number of hydrogen-bond donors (Lipinski definition) is 1. The summed E-state index contributed by atoms with van der Waals surface area (Å²) in [5, 5.41) is 18.5. The molecule has 1 rings (SSSR count). The molecule has 1 atom stereocenters. The highest BCUT2D eigenvalue weighted by Crippen LogP contribution is 2.13. The predicted octanol–water partition coefficient (Wildman–Crippen LogP) is 1.02. The van der Waals surface area contributed by atoms with Crippen LogP contribution in [0.4, 0.5) is 5.69 Å². The third-order valence-electron chi connectivity index (χ3n) is 2.66. The number of nitrogens with zero attached hydrogens (tertiary/aromatic N) is 2. The molecule has 0 heterocycles. The second kappa shape index (κ2) is 8.48. The molecule has 1 N–H and O–H groups in total. The van der Waals surface area contributed by atoms with Crippen LogP contribution < -0.4 is 4.90 Å². The van der Waals surface area contributed by atoms with E-state index in [9.17, 15) is 5.11 Å². The zero-order valence-corrected chi connectivity index (χ0v) is 11.4. The van der Waals surface area contributed by atoms with E-state index in [1.807, 2.05) is 24.1 Å². The number of anilines is 1. The summed E-state index contributed by atoms with van der Waals surface area (Å²) >= 11 is 0. The molecule has 0 bridgehead atoms. The Labute approximate surface area is 114 Å². The van der Waals surface area contributed by atoms with Crippen molar-refractivity contribution in [3.8, 4) is 6.07 Å². The second-order valence-electron chi connectivity index (χ2n) is 4.26. The van der Waals surface area contributed by atoms with Crippen LogP contribution >= 0.6 is 0 Å². The van der Waals surface area contributed by atoms with E-state index in [4.69, 9.17) is 14.7 Å². The molecule has 0 amide bonds. The van der Waals surface area contributed by atoms with Gasteiger partial charge in [-0.05, 0) is 24.3 Å². The van der Waals surface area contributed by atoms with E-state index in [0.717, 1.165) is 5.69 Å². The minimum atomic E-state index is -0.558. The number of nitriles is 1. The molecule has 0 fully saturated rings. The Kier molecular flexibility index (Phi) is 6.90. The smallest absolute Gasteiger partial charge is 0.0991 e. The Morgan fingerprint density at radius 2 is 2.00 bits per heavy atom. The number of benzene rings is 1. The summed E-state index contributed by atoms with van der Waals surface area (Å²) in [5.74, 6) is 0. The molecule has 1 unspecified atom stereocenters. The van der Waals surface area contributed by atoms with Gasteiger partial charge in [0.1, 0.15) is 0 Å². The Hall–Kier alpha value is -1.61. The number of aliphatic hydroxyl groups excluding tert-OH is 1. The average Bonchev–Trinajstić information content (AvgIpc) is 2.43. The van der Waals surface area contributed by atoms with Crippen LogP contribution in [0.5, 0.6) is 0 Å². The lowest BCUT2D eigenvalue weighted by molar-refractivity contribution is 0.0164. The molecule has 0 radical (unpaired) electrons. The van der Waals surface area contributed by atoms with Gasteiger partial charge in [0.15, 0.2) is 0 Å². The van der Waals surface area contributed by atoms with Crippen molar-refractivity contribution >= 4 is 5.69 Å². The van der Waals surface area contributed by atoms with Gasteiger partial charge in [-0.25, -0.2) is 0 Å². The highest BCUT2D eigenvalue weighted by atomic mass is 16.5. The fraction of sp³-hybridized carbons (Fsp3) is 0.500. The summed E-state index contributed by atoms with van der Waals surface area (Å²) in [5.41, 5.74) is 1.58. The number of rotatable bonds is 8. The first-order chi connectivity index (χ1) is 9.17. The van der Waals surface area contributed by atoms with Crippen molar-refractivity contribution in [2.75, 3.05) is 45.4 Å². The highest BCUT2D eigenvalue weighted by Gasteiger charge is 2.09. The third kappa shape index (κ3) is 5.71. The van der Waals surface area contributed by atoms with Crippen molar-refractivity contribution in [2.45, 2.75) is 6.10 Å². The monoisotopic (exact) mass is 264 g/mol. The van der Waals surface area contributed by atoms with Crippen LogP contribution in [0.3, 0.4) is 0 Å². The zero-order valence-electron chi connectivity index (χ0n) is 11.4. The average molecular weight is 264 g/mol. The standard InChI is InChI=1S/C14H20N2O3/c1-16(10-14(17)11-19-8-7-18-2)13-5-3-12(9-15)4-6-13/h3-6,14,17H,7-8,10-11H2,1-2H3. The summed E-state index contributed by atoms with van der Waals surface area (Å²) in [4.78, 5) is 1.92. The van der Waals surface area contributed by atoms with E-state index >= 15 is 0 Å². The SMILES string of the molecule is COCCOCC(O)CN(C)c1ccc(C#N)cc1. The summed E-state index contributed by atoms with van der Waals surface area (Å²) in [7, 11) is 3.50. The third-order valence-corrected chi connectivity index (χ3v) is 2.66. The van der Waals surface area contributed by atoms with Crippen LogP contribution in [-0.2, 0) is 9.47 Å². The lowest BCUT2D eigenvalue weighted by atomic mass is 10.2. The van der Waals surface area contributed by atoms with E-state index in [2.05, 4.69) is 6.07 Å². The maximum atomic E-state index is 9.82. The van der Waals surface area contributed by atoms with Crippen LogP contribution in [0, 0.1) is 11.3 Å². The molecule has 0 aliphatic carbocycles. The molecule has 0 saturated carbocycles. The Morgan fingerprint density at radius 1 is 1.32 bits per heavy atom. The first-order valence-corrected chi connectivity index (χ1v) is 6.13. The summed E-state index contributed by atoms with van der Waals surface area (Å²) in [6.07, 6.45) is -0.558. The largest absolute Gasteiger partial charge is 0.389 e. The van der Waals surface area contributed by atoms with Crippen LogP contribution in [-0.4, -0.2) is 51.7 Å². The molecule has 5 nitrogen and oxygen atoms in total. The molecule has 1 aromatic carbocycles. The van der Waals surface area contributed by atoms with Crippen LogP contribution in [0.15, 0.2) is 24.3 Å². The van der Waals surface area contributed by atoms with Crippen molar-refractivity contribution in [1.82, 2.24) is 0 Å². The second-order valence-corrected chi connectivity index (χ2v) is 4.26. The van der Waals surface area contributed by atoms with Crippen molar-refractivity contribution in [2.24, 2.45) is 0 Å². The number of likely N-dealkylation sites (N-methyl/N-ethyl adjacent to an activating group) is 1. The zero-order chi connectivity index (χ0) is 14.1. The number of methoxy groups -OCH3 is 1. The van der Waals surface area contributed by atoms with Gasteiger partial charge < -0.3 is 19.5 Å². The van der Waals surface area contributed by atoms with E-state index in [-0.39, 0.29) is 6.61 Å². The number of ether oxygens (including phenoxy) is 2. The first-order valence-electron chi connectivity index (χ1n) is 6.13. The highest BCUT2D eigenvalue weighted by molar-refractivity contribution is 5.49. The fourth-order valence-corrected chi connectivity index (χ4v) is 1.63. The first kappa shape index (κ1) is 15.4. The Bertz CT molecular complexity index is 400. The maximum absolute atomic E-state index is 9.82. The molecule has 5 heteroatoms. The van der Waals surface area contributed by atoms with Gasteiger partial charge in [0.2, 0.25) is 0 Å². The van der Waals surface area contributed by atoms with E-state index in [1.165, 1.54) is 0 Å². The van der Waals surface area contributed by atoms with Gasteiger partial charge in [-0.15, -0.1) is 0 Å². The molecule has 1 aromatic rings. The summed E-state index contributed by atoms with van der Waals surface area (Å²) in [6, 6.07) is 9.30. The number of aliphatic hydroxyl groups is 1. The van der Waals surface area contributed by atoms with Gasteiger partial charge in [0, 0.05) is 26.4 Å². The van der Waals surface area contributed by atoms with Gasteiger partial charge in [-0.2, -0.15) is 5.26 Å². The molecule has 19 heavy (non-hydrogen) atoms. The van der Waals surface area contributed by atoms with E-state index in [0.29, 0.717) is 25.3 Å². The summed E-state index contributed by atoms with van der Waals surface area (Å²) in [6.45, 7) is 1.76. The van der Waals surface area contributed by atoms with Crippen molar-refractivity contribution in [3.63, 3.8) is 0 Å². The molecular formula is C14H20N2O3. The van der Waals surface area contributed by atoms with Gasteiger partial charge >= 0.3 is 0 Å². The summed E-state index contributed by atoms with van der Waals surface area (Å²) < 4.78 is 10.1. The lowest BCUT2D eigenvalue weighted by Crippen LogP contribution is -2.32. The van der Waals surface area contributed by atoms with Gasteiger partial charge in [-0.3, -0.25) is 0 Å². The lowest BCUT2D eigenvalue weighted by Gasteiger charge is -2.22. The molecule has 0 aliphatic rings. The Morgan fingerprint density at radius 3 is 2.58 bits per heavy atom. The van der Waals surface area contributed by atoms with Gasteiger partial charge in [0.25, 0.3) is 0 Å². The van der Waals surface area contributed by atoms with Crippen LogP contribution in [0.25, 0.3) is 0 Å². The Balaban J connectivity index is 2.36. The van der Waals surface area contributed by atoms with Crippen LogP contribution in [0.2, 0.25) is 0 Å². The molecule has 0 aliphatic heterocycles. The fourth-order valence-electron chi connectivity index (χ4n) is 1.63. The van der Waals surface area contributed by atoms with Crippen molar-refractivity contribution in [1.29, 1.82) is 5.26 Å². The van der Waals surface area contributed by atoms with Crippen molar-refractivity contribution < 1.29 is 14.6 Å². The van der Waals surface area contributed by atoms with Gasteiger partial charge in [0.05, 0.1) is 37.6 Å². The molecule has 0 spiro atoms. The maximum Gasteiger partial charge on any atom is 0.0991 e. The normalized spacial score (nSPS) is 11.9. The molecule has 0 saturated heterocycles. The molecule has 104 valence electrons. The minimum Gasteiger partial charge on any atom is -0.389 e. The quantitative estimate of drug-likeness (QED) is 0.710. The predicted molar refractivity (Wildman–Crippen MR) is 73.1 cm³/mol. The van der Waals surface area contributed by atoms with Crippen LogP contribution in [0.1, 0.15) is 5.56 Å². The van der Waals surface area contributed by atoms with Crippen molar-refractivity contribution in [3.05, 3.63) is 29.8 Å². The molecule has 0 aromatic heterocycles. The molecular weight excluding hydrogens is 244 g/mol. The van der Waals surface area contributed by atoms with E-state index in [1.54, 1.807) is 19.2 Å². The number of hydrogen-bond acceptors (Lipinski definition) is 5. The van der Waals surface area contributed by atoms with Gasteiger partial charge in [-0.1, -0.05) is 0 Å². The minimum absolute atomic E-state index is 0.282. The topological polar surface area (TPSA) is 65.7 Å².